The molecule has 2 fully saturated rings. The molecule has 1 heterocycles. The van der Waals surface area contributed by atoms with Crippen LogP contribution < -0.4 is 4.74 Å². The molecule has 1 atom stereocenters. The highest BCUT2D eigenvalue weighted by atomic mass is 35.5. The van der Waals surface area contributed by atoms with Crippen LogP contribution in [0.5, 0.6) is 5.75 Å². The summed E-state index contributed by atoms with van der Waals surface area (Å²) in [5.74, 6) is 1.30. The summed E-state index contributed by atoms with van der Waals surface area (Å²) in [6.07, 6.45) is 10.1. The van der Waals surface area contributed by atoms with Gasteiger partial charge in [0.2, 0.25) is 0 Å². The summed E-state index contributed by atoms with van der Waals surface area (Å²) in [6, 6.07) is 3.83. The molecule has 6 heteroatoms. The zero-order valence-electron chi connectivity index (χ0n) is 16.4. The van der Waals surface area contributed by atoms with Crippen molar-refractivity contribution in [3.05, 3.63) is 28.3 Å². The highest BCUT2D eigenvalue weighted by molar-refractivity contribution is 6.30. The Morgan fingerprint density at radius 3 is 2.18 bits per heavy atom. The standard InChI is InChI=1S/C22H29ClO5/c1-14-12-17(23)13-18-19(14)26-21(27-20(24)25)28-22(18,15-8-4-2-5-9-15)16-10-6-3-7-11-16/h12-13,15-16,21H,2-11H2,1H3,(H,24,25). The first-order chi connectivity index (χ1) is 13.5. The van der Waals surface area contributed by atoms with Crippen molar-refractivity contribution >= 4 is 17.8 Å². The zero-order chi connectivity index (χ0) is 19.7. The number of carboxylic acid groups (broad SMARTS) is 1. The van der Waals surface area contributed by atoms with E-state index in [1.807, 2.05) is 19.1 Å². The van der Waals surface area contributed by atoms with E-state index in [-0.39, 0.29) is 0 Å². The van der Waals surface area contributed by atoms with Gasteiger partial charge in [0.05, 0.1) is 0 Å². The molecule has 0 amide bonds. The van der Waals surface area contributed by atoms with Gasteiger partial charge in [-0.1, -0.05) is 50.1 Å². The van der Waals surface area contributed by atoms with Crippen LogP contribution in [0.2, 0.25) is 5.02 Å². The van der Waals surface area contributed by atoms with E-state index in [2.05, 4.69) is 0 Å². The van der Waals surface area contributed by atoms with Crippen LogP contribution in [-0.4, -0.2) is 17.7 Å². The van der Waals surface area contributed by atoms with Crippen molar-refractivity contribution in [2.45, 2.75) is 83.2 Å². The first-order valence-corrected chi connectivity index (χ1v) is 10.9. The Bertz CT molecular complexity index is 704. The third-order valence-corrected chi connectivity index (χ3v) is 7.00. The molecular formula is C22H29ClO5. The Hall–Kier alpha value is -1.46. The minimum Gasteiger partial charge on any atom is -0.450 e. The Kier molecular flexibility index (Phi) is 5.75. The molecule has 1 N–H and O–H groups in total. The van der Waals surface area contributed by atoms with Crippen molar-refractivity contribution in [3.8, 4) is 5.75 Å². The lowest BCUT2D eigenvalue weighted by Gasteiger charge is -2.52. The second kappa shape index (κ2) is 8.11. The van der Waals surface area contributed by atoms with Crippen molar-refractivity contribution in [2.75, 3.05) is 0 Å². The SMILES string of the molecule is Cc1cc(Cl)cc2c1OC(OC(=O)O)OC2(C1CCCCC1)C1CCCCC1. The maximum absolute atomic E-state index is 11.3. The molecule has 1 aromatic carbocycles. The van der Waals surface area contributed by atoms with Crippen LogP contribution in [0, 0.1) is 18.8 Å². The van der Waals surface area contributed by atoms with E-state index < -0.39 is 18.2 Å². The van der Waals surface area contributed by atoms with Crippen LogP contribution in [0.1, 0.15) is 75.3 Å². The monoisotopic (exact) mass is 408 g/mol. The number of benzene rings is 1. The van der Waals surface area contributed by atoms with Gasteiger partial charge >= 0.3 is 12.6 Å². The largest absolute Gasteiger partial charge is 0.510 e. The fourth-order valence-corrected chi connectivity index (χ4v) is 5.95. The first-order valence-electron chi connectivity index (χ1n) is 10.6. The van der Waals surface area contributed by atoms with Crippen molar-refractivity contribution in [1.29, 1.82) is 0 Å². The summed E-state index contributed by atoms with van der Waals surface area (Å²) in [7, 11) is 0. The number of hydrogen-bond acceptors (Lipinski definition) is 4. The van der Waals surface area contributed by atoms with Gasteiger partial charge in [-0.05, 0) is 62.1 Å². The average molecular weight is 409 g/mol. The zero-order valence-corrected chi connectivity index (χ0v) is 17.2. The Labute approximate surface area is 171 Å². The maximum atomic E-state index is 11.3. The van der Waals surface area contributed by atoms with Crippen LogP contribution in [-0.2, 0) is 15.1 Å². The van der Waals surface area contributed by atoms with Crippen LogP contribution >= 0.6 is 11.6 Å². The van der Waals surface area contributed by atoms with Gasteiger partial charge < -0.3 is 14.6 Å². The second-order valence-corrected chi connectivity index (χ2v) is 8.91. The van der Waals surface area contributed by atoms with Gasteiger partial charge in [0.15, 0.2) is 0 Å². The van der Waals surface area contributed by atoms with E-state index in [9.17, 15) is 9.90 Å². The second-order valence-electron chi connectivity index (χ2n) is 8.47. The molecule has 28 heavy (non-hydrogen) atoms. The van der Waals surface area contributed by atoms with E-state index in [1.165, 1.54) is 38.5 Å². The lowest BCUT2D eigenvalue weighted by Crippen LogP contribution is -2.53. The van der Waals surface area contributed by atoms with E-state index in [0.29, 0.717) is 22.6 Å². The molecule has 1 aliphatic heterocycles. The van der Waals surface area contributed by atoms with Crippen LogP contribution in [0.25, 0.3) is 0 Å². The predicted molar refractivity (Wildman–Crippen MR) is 106 cm³/mol. The number of rotatable bonds is 3. The molecular weight excluding hydrogens is 380 g/mol. The Balaban J connectivity index is 1.87. The lowest BCUT2D eigenvalue weighted by molar-refractivity contribution is -0.324. The highest BCUT2D eigenvalue weighted by Gasteiger charge is 2.54. The van der Waals surface area contributed by atoms with Crippen molar-refractivity contribution in [2.24, 2.45) is 11.8 Å². The fourth-order valence-electron chi connectivity index (χ4n) is 5.68. The highest BCUT2D eigenvalue weighted by Crippen LogP contribution is 2.57. The van der Waals surface area contributed by atoms with Crippen LogP contribution in [0.3, 0.4) is 0 Å². The Morgan fingerprint density at radius 1 is 1.07 bits per heavy atom. The molecule has 5 nitrogen and oxygen atoms in total. The molecule has 154 valence electrons. The smallest absolute Gasteiger partial charge is 0.450 e. The van der Waals surface area contributed by atoms with E-state index in [0.717, 1.165) is 36.8 Å². The molecule has 2 aliphatic carbocycles. The molecule has 0 radical (unpaired) electrons. The molecule has 3 aliphatic rings. The lowest BCUT2D eigenvalue weighted by atomic mass is 9.63. The minimum absolute atomic E-state index is 0.310. The van der Waals surface area contributed by atoms with Crippen LogP contribution in [0.4, 0.5) is 4.79 Å². The normalized spacial score (nSPS) is 25.6. The molecule has 4 rings (SSSR count). The summed E-state index contributed by atoms with van der Waals surface area (Å²) in [5, 5.41) is 9.88. The number of hydrogen-bond donors (Lipinski definition) is 1. The van der Waals surface area contributed by atoms with Gasteiger partial charge in [0, 0.05) is 10.6 Å². The summed E-state index contributed by atoms with van der Waals surface area (Å²) >= 11 is 6.47. The minimum atomic E-state index is -1.39. The van der Waals surface area contributed by atoms with E-state index >= 15 is 0 Å². The summed E-state index contributed by atoms with van der Waals surface area (Å²) in [4.78, 5) is 11.3. The summed E-state index contributed by atoms with van der Waals surface area (Å²) in [5.41, 5.74) is 1.27. The number of ether oxygens (including phenoxy) is 3. The molecule has 0 saturated heterocycles. The average Bonchev–Trinajstić information content (AvgIpc) is 2.69. The van der Waals surface area contributed by atoms with E-state index in [4.69, 9.17) is 25.8 Å². The van der Waals surface area contributed by atoms with Gasteiger partial charge in [-0.25, -0.2) is 4.79 Å². The Morgan fingerprint density at radius 2 is 1.64 bits per heavy atom. The number of halogens is 1. The van der Waals surface area contributed by atoms with Gasteiger partial charge in [-0.15, -0.1) is 0 Å². The first kappa shape index (κ1) is 19.8. The third-order valence-electron chi connectivity index (χ3n) is 6.79. The third kappa shape index (κ3) is 3.59. The fraction of sp³-hybridized carbons (Fsp3) is 0.682. The number of aryl methyl sites for hydroxylation is 1. The predicted octanol–water partition coefficient (Wildman–Crippen LogP) is 6.39. The topological polar surface area (TPSA) is 65.0 Å². The van der Waals surface area contributed by atoms with Gasteiger partial charge in [-0.2, -0.15) is 0 Å². The van der Waals surface area contributed by atoms with Crippen LogP contribution in [0.15, 0.2) is 12.1 Å². The molecule has 0 bridgehead atoms. The van der Waals surface area contributed by atoms with E-state index in [1.54, 1.807) is 0 Å². The number of fused-ring (bicyclic) bond motifs is 1. The van der Waals surface area contributed by atoms with Gasteiger partial charge in [0.25, 0.3) is 0 Å². The van der Waals surface area contributed by atoms with Crippen molar-refractivity contribution < 1.29 is 24.1 Å². The maximum Gasteiger partial charge on any atom is 0.510 e. The molecule has 1 aromatic rings. The molecule has 0 aromatic heterocycles. The summed E-state index contributed by atoms with van der Waals surface area (Å²) in [6.45, 7) is 0.703. The molecule has 2 saturated carbocycles. The van der Waals surface area contributed by atoms with Crippen molar-refractivity contribution in [1.82, 2.24) is 0 Å². The van der Waals surface area contributed by atoms with Gasteiger partial charge in [0.1, 0.15) is 11.4 Å². The summed E-state index contributed by atoms with van der Waals surface area (Å²) < 4.78 is 17.4. The molecule has 0 spiro atoms. The number of carbonyl (C=O) groups is 1. The van der Waals surface area contributed by atoms with Gasteiger partial charge in [-0.3, -0.25) is 4.74 Å². The quantitative estimate of drug-likeness (QED) is 0.587. The molecule has 1 unspecified atom stereocenters. The van der Waals surface area contributed by atoms with Crippen molar-refractivity contribution in [3.63, 3.8) is 0 Å².